The summed E-state index contributed by atoms with van der Waals surface area (Å²) in [6.07, 6.45) is 0. The Kier molecular flexibility index (Phi) is 5.71. The maximum absolute atomic E-state index is 13.1. The topological polar surface area (TPSA) is 140 Å². The SMILES string of the molecule is Cc1ccc(S(=O)(=O)NC(c2cccc([N+](=O)[O-])c2)c2c(O)c3ccccc3oc2=O)cc1. The summed E-state index contributed by atoms with van der Waals surface area (Å²) in [5.41, 5.74) is -0.631. The van der Waals surface area contributed by atoms with Gasteiger partial charge in [-0.1, -0.05) is 42.0 Å². The average Bonchev–Trinajstić information content (AvgIpc) is 2.78. The zero-order chi connectivity index (χ0) is 23.8. The molecule has 0 fully saturated rings. The van der Waals surface area contributed by atoms with E-state index >= 15 is 0 Å². The lowest BCUT2D eigenvalue weighted by Crippen LogP contribution is -2.32. The van der Waals surface area contributed by atoms with Crippen LogP contribution in [-0.2, 0) is 10.0 Å². The van der Waals surface area contributed by atoms with Crippen molar-refractivity contribution in [2.24, 2.45) is 0 Å². The molecular formula is C23H18N2O7S. The van der Waals surface area contributed by atoms with Crippen LogP contribution in [0.25, 0.3) is 11.0 Å². The Morgan fingerprint density at radius 1 is 1.03 bits per heavy atom. The van der Waals surface area contributed by atoms with Gasteiger partial charge in [-0.05, 0) is 36.8 Å². The van der Waals surface area contributed by atoms with Crippen molar-refractivity contribution in [3.05, 3.63) is 110 Å². The monoisotopic (exact) mass is 466 g/mol. The molecule has 4 aromatic rings. The number of benzene rings is 3. The number of aromatic hydroxyl groups is 1. The second-order valence-corrected chi connectivity index (χ2v) is 9.08. The molecule has 10 heteroatoms. The summed E-state index contributed by atoms with van der Waals surface area (Å²) in [5, 5.41) is 22.4. The Morgan fingerprint density at radius 3 is 2.42 bits per heavy atom. The molecule has 1 aromatic heterocycles. The number of fused-ring (bicyclic) bond motifs is 1. The van der Waals surface area contributed by atoms with Crippen molar-refractivity contribution in [3.63, 3.8) is 0 Å². The molecule has 0 aliphatic rings. The maximum atomic E-state index is 13.1. The van der Waals surface area contributed by atoms with Gasteiger partial charge >= 0.3 is 5.63 Å². The molecule has 4 rings (SSSR count). The second-order valence-electron chi connectivity index (χ2n) is 7.37. The van der Waals surface area contributed by atoms with E-state index in [0.29, 0.717) is 0 Å². The van der Waals surface area contributed by atoms with Gasteiger partial charge in [0.15, 0.2) is 0 Å². The van der Waals surface area contributed by atoms with Gasteiger partial charge in [0.25, 0.3) is 5.69 Å². The van der Waals surface area contributed by atoms with Crippen molar-refractivity contribution < 1.29 is 22.9 Å². The fourth-order valence-electron chi connectivity index (χ4n) is 3.45. The molecule has 0 saturated carbocycles. The van der Waals surface area contributed by atoms with E-state index < -0.39 is 32.4 Å². The molecule has 2 N–H and O–H groups in total. The first-order chi connectivity index (χ1) is 15.7. The molecule has 0 saturated heterocycles. The quantitative estimate of drug-likeness (QED) is 0.250. The number of nitro benzene ring substituents is 1. The molecule has 0 aliphatic heterocycles. The van der Waals surface area contributed by atoms with Gasteiger partial charge in [0.2, 0.25) is 10.0 Å². The van der Waals surface area contributed by atoms with Crippen molar-refractivity contribution in [1.82, 2.24) is 4.72 Å². The van der Waals surface area contributed by atoms with Crippen LogP contribution in [0.2, 0.25) is 0 Å². The van der Waals surface area contributed by atoms with Crippen LogP contribution >= 0.6 is 0 Å². The van der Waals surface area contributed by atoms with Crippen LogP contribution in [0, 0.1) is 17.0 Å². The van der Waals surface area contributed by atoms with Crippen LogP contribution in [0.5, 0.6) is 5.75 Å². The van der Waals surface area contributed by atoms with Gasteiger partial charge in [-0.3, -0.25) is 10.1 Å². The fourth-order valence-corrected chi connectivity index (χ4v) is 4.65. The normalized spacial score (nSPS) is 12.5. The largest absolute Gasteiger partial charge is 0.507 e. The molecule has 0 aliphatic carbocycles. The highest BCUT2D eigenvalue weighted by molar-refractivity contribution is 7.89. The van der Waals surface area contributed by atoms with E-state index in [2.05, 4.69) is 4.72 Å². The molecule has 1 unspecified atom stereocenters. The van der Waals surface area contributed by atoms with Gasteiger partial charge in [0.1, 0.15) is 16.9 Å². The summed E-state index contributed by atoms with van der Waals surface area (Å²) in [5.74, 6) is -0.482. The van der Waals surface area contributed by atoms with Gasteiger partial charge in [0.05, 0.1) is 21.2 Å². The van der Waals surface area contributed by atoms with Crippen molar-refractivity contribution >= 4 is 26.7 Å². The summed E-state index contributed by atoms with van der Waals surface area (Å²) in [6, 6.07) is 15.9. The van der Waals surface area contributed by atoms with Crippen molar-refractivity contribution in [3.8, 4) is 5.75 Å². The van der Waals surface area contributed by atoms with Gasteiger partial charge < -0.3 is 9.52 Å². The number of rotatable bonds is 6. The summed E-state index contributed by atoms with van der Waals surface area (Å²) >= 11 is 0. The lowest BCUT2D eigenvalue weighted by Gasteiger charge is -2.20. The van der Waals surface area contributed by atoms with Gasteiger partial charge in [-0.25, -0.2) is 13.2 Å². The zero-order valence-electron chi connectivity index (χ0n) is 17.3. The Balaban J connectivity index is 1.94. The first kappa shape index (κ1) is 22.2. The molecule has 33 heavy (non-hydrogen) atoms. The first-order valence-electron chi connectivity index (χ1n) is 9.75. The number of nitrogens with one attached hydrogen (secondary N) is 1. The number of hydrogen-bond donors (Lipinski definition) is 2. The number of non-ortho nitro benzene ring substituents is 1. The first-order valence-corrected chi connectivity index (χ1v) is 11.2. The number of sulfonamides is 1. The highest BCUT2D eigenvalue weighted by atomic mass is 32.2. The van der Waals surface area contributed by atoms with Gasteiger partial charge in [0, 0.05) is 12.1 Å². The van der Waals surface area contributed by atoms with E-state index in [4.69, 9.17) is 4.42 Å². The maximum Gasteiger partial charge on any atom is 0.345 e. The number of nitro groups is 1. The summed E-state index contributed by atoms with van der Waals surface area (Å²) in [7, 11) is -4.20. The number of para-hydroxylation sites is 1. The minimum absolute atomic E-state index is 0.0757. The molecule has 1 atom stereocenters. The van der Waals surface area contributed by atoms with Crippen LogP contribution in [0.1, 0.15) is 22.7 Å². The molecule has 1 heterocycles. The molecule has 9 nitrogen and oxygen atoms in total. The predicted molar refractivity (Wildman–Crippen MR) is 121 cm³/mol. The molecule has 0 bridgehead atoms. The summed E-state index contributed by atoms with van der Waals surface area (Å²) in [6.45, 7) is 1.80. The Morgan fingerprint density at radius 2 is 1.73 bits per heavy atom. The number of hydrogen-bond acceptors (Lipinski definition) is 7. The summed E-state index contributed by atoms with van der Waals surface area (Å²) in [4.78, 5) is 23.4. The van der Waals surface area contributed by atoms with Crippen molar-refractivity contribution in [2.45, 2.75) is 17.9 Å². The lowest BCUT2D eigenvalue weighted by molar-refractivity contribution is -0.384. The van der Waals surface area contributed by atoms with Crippen LogP contribution in [-0.4, -0.2) is 18.4 Å². The van der Waals surface area contributed by atoms with E-state index in [9.17, 15) is 28.4 Å². The fraction of sp³-hybridized carbons (Fsp3) is 0.0870. The Labute approximate surface area is 188 Å². The average molecular weight is 466 g/mol. The molecule has 0 spiro atoms. The van der Waals surface area contributed by atoms with Crippen LogP contribution in [0.15, 0.2) is 86.9 Å². The molecular weight excluding hydrogens is 448 g/mol. The van der Waals surface area contributed by atoms with Crippen LogP contribution < -0.4 is 10.3 Å². The molecule has 0 radical (unpaired) electrons. The Bertz CT molecular complexity index is 1530. The van der Waals surface area contributed by atoms with E-state index in [1.54, 1.807) is 31.2 Å². The van der Waals surface area contributed by atoms with Gasteiger partial charge in [-0.15, -0.1) is 0 Å². The van der Waals surface area contributed by atoms with Crippen molar-refractivity contribution in [2.75, 3.05) is 0 Å². The van der Waals surface area contributed by atoms with E-state index in [0.717, 1.165) is 11.6 Å². The van der Waals surface area contributed by atoms with Crippen LogP contribution in [0.3, 0.4) is 0 Å². The highest BCUT2D eigenvalue weighted by Gasteiger charge is 2.30. The van der Waals surface area contributed by atoms with Crippen LogP contribution in [0.4, 0.5) is 5.69 Å². The predicted octanol–water partition coefficient (Wildman–Crippen LogP) is 3.78. The minimum Gasteiger partial charge on any atom is -0.507 e. The standard InChI is InChI=1S/C23H18N2O7S/c1-14-9-11-17(12-10-14)33(30,31)24-21(15-5-4-6-16(13-15)25(28)29)20-22(26)18-7-2-3-8-19(18)32-23(20)27/h2-13,21,24,26H,1H3. The third-order valence-corrected chi connectivity index (χ3v) is 6.57. The molecule has 3 aromatic carbocycles. The van der Waals surface area contributed by atoms with E-state index in [-0.39, 0.29) is 32.7 Å². The Hall–Kier alpha value is -4.02. The zero-order valence-corrected chi connectivity index (χ0v) is 18.1. The third kappa shape index (κ3) is 4.34. The minimum atomic E-state index is -4.20. The third-order valence-electron chi connectivity index (χ3n) is 5.13. The number of nitrogens with zero attached hydrogens (tertiary/aromatic N) is 1. The van der Waals surface area contributed by atoms with Gasteiger partial charge in [-0.2, -0.15) is 4.72 Å². The number of aryl methyl sites for hydroxylation is 1. The van der Waals surface area contributed by atoms with E-state index in [1.807, 2.05) is 0 Å². The smallest absolute Gasteiger partial charge is 0.345 e. The molecule has 0 amide bonds. The second kappa shape index (κ2) is 8.49. The lowest BCUT2D eigenvalue weighted by atomic mass is 9.98. The summed E-state index contributed by atoms with van der Waals surface area (Å²) < 4.78 is 34.0. The highest BCUT2D eigenvalue weighted by Crippen LogP contribution is 2.34. The van der Waals surface area contributed by atoms with E-state index in [1.165, 1.54) is 42.5 Å². The van der Waals surface area contributed by atoms with Crippen molar-refractivity contribution in [1.29, 1.82) is 0 Å². The molecule has 168 valence electrons.